The molecule has 0 aliphatic rings. The van der Waals surface area contributed by atoms with Gasteiger partial charge in [-0.25, -0.2) is 0 Å². The third-order valence-electron chi connectivity index (χ3n) is 2.70. The first-order valence-electron chi connectivity index (χ1n) is 5.62. The van der Waals surface area contributed by atoms with E-state index in [9.17, 15) is 4.79 Å². The molecule has 94 valence electrons. The summed E-state index contributed by atoms with van der Waals surface area (Å²) < 4.78 is 0. The van der Waals surface area contributed by atoms with E-state index < -0.39 is 0 Å². The second kappa shape index (κ2) is 6.16. The predicted molar refractivity (Wildman–Crippen MR) is 79.2 cm³/mol. The molecule has 0 atom stereocenters. The smallest absolute Gasteiger partial charge is 0.253 e. The molecule has 0 saturated carbocycles. The molecular formula is C14H14BrNOS. The number of rotatable bonds is 4. The molecule has 0 saturated heterocycles. The molecule has 1 heterocycles. The Kier molecular flexibility index (Phi) is 4.55. The summed E-state index contributed by atoms with van der Waals surface area (Å²) in [5, 5.41) is 4.91. The Morgan fingerprint density at radius 2 is 1.94 bits per heavy atom. The molecule has 2 aromatic rings. The van der Waals surface area contributed by atoms with Crippen molar-refractivity contribution < 1.29 is 4.79 Å². The Morgan fingerprint density at radius 3 is 2.50 bits per heavy atom. The van der Waals surface area contributed by atoms with Crippen molar-refractivity contribution in [2.45, 2.75) is 11.9 Å². The van der Waals surface area contributed by atoms with Gasteiger partial charge in [0.2, 0.25) is 0 Å². The largest absolute Gasteiger partial charge is 0.337 e. The maximum atomic E-state index is 12.2. The first-order chi connectivity index (χ1) is 8.70. The van der Waals surface area contributed by atoms with E-state index >= 15 is 0 Å². The SMILES string of the molecule is CN(Cc1ccsc1)C(=O)c1ccc(CBr)cc1. The third kappa shape index (κ3) is 3.21. The molecule has 0 aliphatic heterocycles. The van der Waals surface area contributed by atoms with Crippen LogP contribution in [-0.4, -0.2) is 17.9 Å². The maximum absolute atomic E-state index is 12.2. The third-order valence-corrected chi connectivity index (χ3v) is 4.08. The van der Waals surface area contributed by atoms with E-state index in [0.717, 1.165) is 10.9 Å². The number of hydrogen-bond acceptors (Lipinski definition) is 2. The molecular weight excluding hydrogens is 310 g/mol. The van der Waals surface area contributed by atoms with Gasteiger partial charge in [-0.2, -0.15) is 11.3 Å². The Labute approximate surface area is 119 Å². The van der Waals surface area contributed by atoms with Gasteiger partial charge in [0.05, 0.1) is 0 Å². The van der Waals surface area contributed by atoms with E-state index in [1.54, 1.807) is 16.2 Å². The first kappa shape index (κ1) is 13.3. The minimum Gasteiger partial charge on any atom is -0.337 e. The van der Waals surface area contributed by atoms with Crippen LogP contribution in [0.25, 0.3) is 0 Å². The van der Waals surface area contributed by atoms with E-state index in [1.807, 2.05) is 42.8 Å². The molecule has 0 spiro atoms. The normalized spacial score (nSPS) is 10.3. The summed E-state index contributed by atoms with van der Waals surface area (Å²) in [5.41, 5.74) is 3.08. The molecule has 0 bridgehead atoms. The molecule has 0 fully saturated rings. The van der Waals surface area contributed by atoms with Gasteiger partial charge in [-0.3, -0.25) is 4.79 Å². The van der Waals surface area contributed by atoms with Gasteiger partial charge in [0.15, 0.2) is 0 Å². The van der Waals surface area contributed by atoms with Crippen molar-refractivity contribution in [2.24, 2.45) is 0 Å². The number of alkyl halides is 1. The number of carbonyl (C=O) groups excluding carboxylic acids is 1. The van der Waals surface area contributed by atoms with Gasteiger partial charge in [-0.05, 0) is 40.1 Å². The van der Waals surface area contributed by atoms with E-state index in [2.05, 4.69) is 21.3 Å². The Morgan fingerprint density at radius 1 is 1.22 bits per heavy atom. The lowest BCUT2D eigenvalue weighted by atomic mass is 10.1. The fourth-order valence-corrected chi connectivity index (χ4v) is 2.72. The van der Waals surface area contributed by atoms with E-state index in [1.165, 1.54) is 11.1 Å². The minimum absolute atomic E-state index is 0.0577. The van der Waals surface area contributed by atoms with Gasteiger partial charge in [0.25, 0.3) is 5.91 Å². The van der Waals surface area contributed by atoms with Crippen LogP contribution in [0.15, 0.2) is 41.1 Å². The highest BCUT2D eigenvalue weighted by Crippen LogP contribution is 2.13. The van der Waals surface area contributed by atoms with Crippen LogP contribution in [0.3, 0.4) is 0 Å². The van der Waals surface area contributed by atoms with Crippen molar-refractivity contribution in [3.8, 4) is 0 Å². The summed E-state index contributed by atoms with van der Waals surface area (Å²) in [6, 6.07) is 9.75. The van der Waals surface area contributed by atoms with Crippen LogP contribution in [0.1, 0.15) is 21.5 Å². The fourth-order valence-electron chi connectivity index (χ4n) is 1.69. The van der Waals surface area contributed by atoms with Gasteiger partial charge in [-0.1, -0.05) is 28.1 Å². The molecule has 18 heavy (non-hydrogen) atoms. The zero-order valence-corrected chi connectivity index (χ0v) is 12.5. The van der Waals surface area contributed by atoms with Crippen LogP contribution in [-0.2, 0) is 11.9 Å². The molecule has 4 heteroatoms. The molecule has 0 unspecified atom stereocenters. The molecule has 0 radical (unpaired) electrons. The summed E-state index contributed by atoms with van der Waals surface area (Å²) in [5.74, 6) is 0.0577. The van der Waals surface area contributed by atoms with Crippen molar-refractivity contribution in [1.82, 2.24) is 4.90 Å². The van der Waals surface area contributed by atoms with Gasteiger partial charge in [-0.15, -0.1) is 0 Å². The summed E-state index contributed by atoms with van der Waals surface area (Å²) in [7, 11) is 1.83. The van der Waals surface area contributed by atoms with E-state index in [0.29, 0.717) is 6.54 Å². The van der Waals surface area contributed by atoms with Crippen molar-refractivity contribution in [3.05, 3.63) is 57.8 Å². The van der Waals surface area contributed by atoms with Crippen molar-refractivity contribution >= 4 is 33.2 Å². The summed E-state index contributed by atoms with van der Waals surface area (Å²) >= 11 is 5.04. The zero-order valence-electron chi connectivity index (χ0n) is 10.1. The van der Waals surface area contributed by atoms with Crippen LogP contribution in [0.2, 0.25) is 0 Å². The second-order valence-corrected chi connectivity index (χ2v) is 5.46. The molecule has 1 amide bonds. The first-order valence-corrected chi connectivity index (χ1v) is 7.68. The molecule has 0 aliphatic carbocycles. The quantitative estimate of drug-likeness (QED) is 0.781. The van der Waals surface area contributed by atoms with Crippen molar-refractivity contribution in [1.29, 1.82) is 0 Å². The fraction of sp³-hybridized carbons (Fsp3) is 0.214. The average molecular weight is 324 g/mol. The molecule has 1 aromatic carbocycles. The van der Waals surface area contributed by atoms with Gasteiger partial charge in [0.1, 0.15) is 0 Å². The van der Waals surface area contributed by atoms with Crippen LogP contribution in [0.4, 0.5) is 0 Å². The molecule has 2 rings (SSSR count). The maximum Gasteiger partial charge on any atom is 0.253 e. The van der Waals surface area contributed by atoms with Gasteiger partial charge >= 0.3 is 0 Å². The number of benzene rings is 1. The van der Waals surface area contributed by atoms with E-state index in [-0.39, 0.29) is 5.91 Å². The highest BCUT2D eigenvalue weighted by Gasteiger charge is 2.11. The number of nitrogens with zero attached hydrogens (tertiary/aromatic N) is 1. The topological polar surface area (TPSA) is 20.3 Å². The summed E-state index contributed by atoms with van der Waals surface area (Å²) in [6.45, 7) is 0.655. The highest BCUT2D eigenvalue weighted by molar-refractivity contribution is 9.08. The second-order valence-electron chi connectivity index (χ2n) is 4.12. The lowest BCUT2D eigenvalue weighted by Crippen LogP contribution is -2.25. The Hall–Kier alpha value is -1.13. The predicted octanol–water partition coefficient (Wildman–Crippen LogP) is 3.92. The van der Waals surface area contributed by atoms with E-state index in [4.69, 9.17) is 0 Å². The number of halogens is 1. The lowest BCUT2D eigenvalue weighted by Gasteiger charge is -2.16. The van der Waals surface area contributed by atoms with Gasteiger partial charge in [0, 0.05) is 24.5 Å². The van der Waals surface area contributed by atoms with Crippen molar-refractivity contribution in [2.75, 3.05) is 7.05 Å². The minimum atomic E-state index is 0.0577. The van der Waals surface area contributed by atoms with Crippen molar-refractivity contribution in [3.63, 3.8) is 0 Å². The molecule has 2 nitrogen and oxygen atoms in total. The monoisotopic (exact) mass is 323 g/mol. The average Bonchev–Trinajstić information content (AvgIpc) is 2.91. The zero-order chi connectivity index (χ0) is 13.0. The summed E-state index contributed by atoms with van der Waals surface area (Å²) in [4.78, 5) is 13.9. The number of hydrogen-bond donors (Lipinski definition) is 0. The number of amides is 1. The van der Waals surface area contributed by atoms with Crippen LogP contribution in [0.5, 0.6) is 0 Å². The van der Waals surface area contributed by atoms with Gasteiger partial charge < -0.3 is 4.90 Å². The van der Waals surface area contributed by atoms with Crippen LogP contribution < -0.4 is 0 Å². The highest BCUT2D eigenvalue weighted by atomic mass is 79.9. The number of thiophene rings is 1. The Bertz CT molecular complexity index is 507. The molecule has 0 N–H and O–H groups in total. The van der Waals surface area contributed by atoms with Crippen LogP contribution in [0, 0.1) is 0 Å². The number of carbonyl (C=O) groups is 1. The van der Waals surface area contributed by atoms with Crippen LogP contribution >= 0.6 is 27.3 Å². The molecule has 1 aromatic heterocycles. The Balaban J connectivity index is 2.05. The standard InChI is InChI=1S/C14H14BrNOS/c1-16(9-12-6-7-18-10-12)14(17)13-4-2-11(8-15)3-5-13/h2-7,10H,8-9H2,1H3. The lowest BCUT2D eigenvalue weighted by molar-refractivity contribution is 0.0785. The summed E-state index contributed by atoms with van der Waals surface area (Å²) in [6.07, 6.45) is 0.